The van der Waals surface area contributed by atoms with Crippen LogP contribution in [0.2, 0.25) is 0 Å². The smallest absolute Gasteiger partial charge is 0.256 e. The summed E-state index contributed by atoms with van der Waals surface area (Å²) in [6.45, 7) is 7.23. The Morgan fingerprint density at radius 1 is 1.24 bits per heavy atom. The summed E-state index contributed by atoms with van der Waals surface area (Å²) in [5, 5.41) is 11.9. The van der Waals surface area contributed by atoms with Crippen molar-refractivity contribution in [3.8, 4) is 0 Å². The number of fused-ring (bicyclic) bond motifs is 1. The van der Waals surface area contributed by atoms with Crippen LogP contribution in [-0.2, 0) is 0 Å². The Labute approximate surface area is 149 Å². The number of hydrogen-bond acceptors (Lipinski definition) is 6. The van der Waals surface area contributed by atoms with E-state index in [-0.39, 0.29) is 5.91 Å². The van der Waals surface area contributed by atoms with Crippen LogP contribution < -0.4 is 4.90 Å². The molecule has 4 heterocycles. The number of aromatic nitrogens is 4. The van der Waals surface area contributed by atoms with Gasteiger partial charge < -0.3 is 9.80 Å². The van der Waals surface area contributed by atoms with Crippen LogP contribution in [0.3, 0.4) is 0 Å². The number of thiophene rings is 1. The van der Waals surface area contributed by atoms with Crippen molar-refractivity contribution in [2.45, 2.75) is 19.8 Å². The third-order valence-corrected chi connectivity index (χ3v) is 5.23. The summed E-state index contributed by atoms with van der Waals surface area (Å²) in [7, 11) is 0. The van der Waals surface area contributed by atoms with Crippen molar-refractivity contribution >= 4 is 28.8 Å². The largest absolute Gasteiger partial charge is 0.353 e. The Morgan fingerprint density at radius 2 is 2.04 bits per heavy atom. The monoisotopic (exact) mass is 356 g/mol. The number of hydrogen-bond donors (Lipinski definition) is 0. The molecule has 130 valence electrons. The first-order chi connectivity index (χ1) is 12.1. The summed E-state index contributed by atoms with van der Waals surface area (Å²) >= 11 is 1.55. The van der Waals surface area contributed by atoms with Crippen LogP contribution in [-0.4, -0.2) is 56.6 Å². The summed E-state index contributed by atoms with van der Waals surface area (Å²) in [6, 6.07) is 3.99. The summed E-state index contributed by atoms with van der Waals surface area (Å²) in [5.41, 5.74) is 1.92. The molecule has 1 aliphatic heterocycles. The maximum absolute atomic E-state index is 12.5. The molecule has 3 aromatic rings. The lowest BCUT2D eigenvalue weighted by atomic mass is 10.1. The number of anilines is 1. The van der Waals surface area contributed by atoms with Gasteiger partial charge in [0.15, 0.2) is 0 Å². The fourth-order valence-electron chi connectivity index (χ4n) is 3.14. The maximum Gasteiger partial charge on any atom is 0.256 e. The van der Waals surface area contributed by atoms with Crippen molar-refractivity contribution in [3.63, 3.8) is 0 Å². The van der Waals surface area contributed by atoms with E-state index in [1.54, 1.807) is 17.7 Å². The summed E-state index contributed by atoms with van der Waals surface area (Å²) in [4.78, 5) is 21.2. The minimum absolute atomic E-state index is 0.115. The van der Waals surface area contributed by atoms with Crippen LogP contribution in [0.5, 0.6) is 0 Å². The van der Waals surface area contributed by atoms with Gasteiger partial charge in [-0.15, -0.1) is 10.2 Å². The second-order valence-electron chi connectivity index (χ2n) is 6.49. The maximum atomic E-state index is 12.5. The van der Waals surface area contributed by atoms with Gasteiger partial charge in [0.25, 0.3) is 11.7 Å². The van der Waals surface area contributed by atoms with Crippen molar-refractivity contribution in [1.82, 2.24) is 24.5 Å². The topological polar surface area (TPSA) is 66.6 Å². The predicted molar refractivity (Wildman–Crippen MR) is 97.3 cm³/mol. The molecule has 3 aromatic heterocycles. The summed E-state index contributed by atoms with van der Waals surface area (Å²) in [6.07, 6.45) is 1.71. The van der Waals surface area contributed by atoms with E-state index in [0.717, 1.165) is 30.2 Å². The summed E-state index contributed by atoms with van der Waals surface area (Å²) < 4.78 is 1.94. The van der Waals surface area contributed by atoms with E-state index in [1.807, 2.05) is 26.1 Å². The molecule has 1 amide bonds. The lowest BCUT2D eigenvalue weighted by Gasteiger charge is -2.35. The van der Waals surface area contributed by atoms with Gasteiger partial charge >= 0.3 is 0 Å². The molecular weight excluding hydrogens is 336 g/mol. The Kier molecular flexibility index (Phi) is 4.12. The van der Waals surface area contributed by atoms with Crippen molar-refractivity contribution in [1.29, 1.82) is 0 Å². The molecule has 1 saturated heterocycles. The number of rotatable bonds is 3. The van der Waals surface area contributed by atoms with E-state index < -0.39 is 0 Å². The van der Waals surface area contributed by atoms with E-state index in [2.05, 4.69) is 40.0 Å². The average molecular weight is 356 g/mol. The quantitative estimate of drug-likeness (QED) is 0.720. The zero-order valence-corrected chi connectivity index (χ0v) is 15.1. The Bertz CT molecular complexity index is 880. The first-order valence-electron chi connectivity index (χ1n) is 8.40. The molecule has 0 radical (unpaired) electrons. The van der Waals surface area contributed by atoms with Crippen molar-refractivity contribution in [3.05, 3.63) is 40.5 Å². The molecule has 0 N–H and O–H groups in total. The molecule has 8 heteroatoms. The standard InChI is InChI=1S/C17H20N6OS/c1-12(2)14-9-15(19-17-20-18-11-23(14)17)21-4-6-22(7-5-21)16(24)13-3-8-25-10-13/h3,8-12H,4-7H2,1-2H3. The lowest BCUT2D eigenvalue weighted by molar-refractivity contribution is 0.0747. The zero-order chi connectivity index (χ0) is 17.4. The molecule has 0 saturated carbocycles. The third-order valence-electron chi connectivity index (χ3n) is 4.55. The van der Waals surface area contributed by atoms with Crippen LogP contribution in [0.4, 0.5) is 5.82 Å². The SMILES string of the molecule is CC(C)c1cc(N2CCN(C(=O)c3ccsc3)CC2)nc2nncn12. The van der Waals surface area contributed by atoms with Gasteiger partial charge in [-0.3, -0.25) is 9.20 Å². The van der Waals surface area contributed by atoms with Crippen LogP contribution >= 0.6 is 11.3 Å². The van der Waals surface area contributed by atoms with Crippen LogP contribution in [0.25, 0.3) is 5.78 Å². The van der Waals surface area contributed by atoms with Gasteiger partial charge in [-0.1, -0.05) is 13.8 Å². The summed E-state index contributed by atoms with van der Waals surface area (Å²) in [5.74, 6) is 2.00. The Morgan fingerprint density at radius 3 is 2.72 bits per heavy atom. The molecule has 25 heavy (non-hydrogen) atoms. The fourth-order valence-corrected chi connectivity index (χ4v) is 3.77. The predicted octanol–water partition coefficient (Wildman–Crippen LogP) is 2.27. The molecular formula is C17H20N6OS. The highest BCUT2D eigenvalue weighted by atomic mass is 32.1. The normalized spacial score (nSPS) is 15.3. The molecule has 0 aromatic carbocycles. The Hall–Kier alpha value is -2.48. The number of piperazine rings is 1. The number of carbonyl (C=O) groups excluding carboxylic acids is 1. The van der Waals surface area contributed by atoms with Gasteiger partial charge in [-0.05, 0) is 17.4 Å². The van der Waals surface area contributed by atoms with Gasteiger partial charge in [0, 0.05) is 43.3 Å². The van der Waals surface area contributed by atoms with E-state index in [0.29, 0.717) is 24.8 Å². The molecule has 0 bridgehead atoms. The fraction of sp³-hybridized carbons (Fsp3) is 0.412. The molecule has 4 rings (SSSR count). The first-order valence-corrected chi connectivity index (χ1v) is 9.35. The molecule has 7 nitrogen and oxygen atoms in total. The van der Waals surface area contributed by atoms with E-state index in [1.165, 1.54) is 0 Å². The van der Waals surface area contributed by atoms with Crippen LogP contribution in [0.1, 0.15) is 35.8 Å². The molecule has 0 spiro atoms. The molecule has 0 aliphatic carbocycles. The van der Waals surface area contributed by atoms with Gasteiger partial charge in [0.2, 0.25) is 0 Å². The van der Waals surface area contributed by atoms with Crippen molar-refractivity contribution in [2.75, 3.05) is 31.1 Å². The van der Waals surface area contributed by atoms with Crippen molar-refractivity contribution in [2.24, 2.45) is 0 Å². The molecule has 1 aliphatic rings. The first kappa shape index (κ1) is 16.0. The minimum Gasteiger partial charge on any atom is -0.353 e. The van der Waals surface area contributed by atoms with Crippen molar-refractivity contribution < 1.29 is 4.79 Å². The number of amides is 1. The minimum atomic E-state index is 0.115. The second kappa shape index (κ2) is 6.44. The lowest BCUT2D eigenvalue weighted by Crippen LogP contribution is -2.49. The van der Waals surface area contributed by atoms with Gasteiger partial charge in [-0.25, -0.2) is 0 Å². The second-order valence-corrected chi connectivity index (χ2v) is 7.27. The van der Waals surface area contributed by atoms with E-state index in [4.69, 9.17) is 0 Å². The van der Waals surface area contributed by atoms with Gasteiger partial charge in [-0.2, -0.15) is 16.3 Å². The Balaban J connectivity index is 1.53. The van der Waals surface area contributed by atoms with Crippen LogP contribution in [0.15, 0.2) is 29.2 Å². The highest BCUT2D eigenvalue weighted by Gasteiger charge is 2.24. The molecule has 0 unspecified atom stereocenters. The average Bonchev–Trinajstić information content (AvgIpc) is 3.31. The highest BCUT2D eigenvalue weighted by molar-refractivity contribution is 7.08. The molecule has 0 atom stereocenters. The molecule has 1 fully saturated rings. The third kappa shape index (κ3) is 2.97. The number of carbonyl (C=O) groups is 1. The van der Waals surface area contributed by atoms with Gasteiger partial charge in [0.05, 0.1) is 5.56 Å². The zero-order valence-electron chi connectivity index (χ0n) is 14.3. The van der Waals surface area contributed by atoms with Crippen LogP contribution in [0, 0.1) is 0 Å². The van der Waals surface area contributed by atoms with E-state index >= 15 is 0 Å². The van der Waals surface area contributed by atoms with Gasteiger partial charge in [0.1, 0.15) is 12.1 Å². The van der Waals surface area contributed by atoms with E-state index in [9.17, 15) is 4.79 Å². The number of nitrogens with zero attached hydrogens (tertiary/aromatic N) is 6. The highest BCUT2D eigenvalue weighted by Crippen LogP contribution is 2.22.